The van der Waals surface area contributed by atoms with Crippen LogP contribution in [0.5, 0.6) is 0 Å². The van der Waals surface area contributed by atoms with Crippen molar-refractivity contribution >= 4 is 11.4 Å². The first-order chi connectivity index (χ1) is 9.65. The Morgan fingerprint density at radius 2 is 2.15 bits per heavy atom. The third-order valence-electron chi connectivity index (χ3n) is 3.64. The Morgan fingerprint density at radius 3 is 2.70 bits per heavy atom. The summed E-state index contributed by atoms with van der Waals surface area (Å²) in [5.74, 6) is 0. The Labute approximate surface area is 118 Å². The molecule has 0 aromatic heterocycles. The first-order valence-electron chi connectivity index (χ1n) is 6.90. The molecule has 1 heterocycles. The van der Waals surface area contributed by atoms with Gasteiger partial charge in [-0.15, -0.1) is 0 Å². The van der Waals surface area contributed by atoms with E-state index in [-0.39, 0.29) is 12.3 Å². The van der Waals surface area contributed by atoms with E-state index in [2.05, 4.69) is 4.90 Å². The van der Waals surface area contributed by atoms with Crippen LogP contribution in [-0.4, -0.2) is 35.8 Å². The molecule has 0 atom stereocenters. The molecule has 0 bridgehead atoms. The average Bonchev–Trinajstić information content (AvgIpc) is 2.47. The number of anilines is 1. The number of rotatable bonds is 5. The largest absolute Gasteiger partial charge is 0.391 e. The summed E-state index contributed by atoms with van der Waals surface area (Å²) in [4.78, 5) is 12.6. The maximum absolute atomic E-state index is 10.8. The molecule has 2 rings (SSSR count). The molecule has 6 nitrogen and oxygen atoms in total. The maximum atomic E-state index is 10.8. The molecule has 1 fully saturated rings. The van der Waals surface area contributed by atoms with Crippen LogP contribution >= 0.6 is 0 Å². The van der Waals surface area contributed by atoms with Crippen LogP contribution in [0.2, 0.25) is 0 Å². The van der Waals surface area contributed by atoms with Gasteiger partial charge >= 0.3 is 0 Å². The Bertz CT molecular complexity index is 470. The van der Waals surface area contributed by atoms with Gasteiger partial charge in [0.15, 0.2) is 0 Å². The van der Waals surface area contributed by atoms with E-state index in [1.54, 1.807) is 12.1 Å². The summed E-state index contributed by atoms with van der Waals surface area (Å²) in [7, 11) is 0. The molecule has 0 amide bonds. The Kier molecular flexibility index (Phi) is 4.92. The Balaban J connectivity index is 2.08. The van der Waals surface area contributed by atoms with Gasteiger partial charge in [-0.3, -0.25) is 10.1 Å². The van der Waals surface area contributed by atoms with Crippen LogP contribution in [0.4, 0.5) is 11.4 Å². The summed E-state index contributed by atoms with van der Waals surface area (Å²) in [5, 5.41) is 20.1. The fourth-order valence-corrected chi connectivity index (χ4v) is 2.59. The first kappa shape index (κ1) is 14.7. The van der Waals surface area contributed by atoms with Gasteiger partial charge in [-0.2, -0.15) is 0 Å². The van der Waals surface area contributed by atoms with Crippen molar-refractivity contribution in [3.63, 3.8) is 0 Å². The summed E-state index contributed by atoms with van der Waals surface area (Å²) in [5.41, 5.74) is 1.26. The predicted octanol–water partition coefficient (Wildman–Crippen LogP) is 2.09. The quantitative estimate of drug-likeness (QED) is 0.660. The molecule has 1 N–H and O–H groups in total. The molecule has 0 radical (unpaired) electrons. The zero-order valence-electron chi connectivity index (χ0n) is 11.6. The number of piperidine rings is 1. The molecule has 1 aromatic rings. The minimum absolute atomic E-state index is 0.0274. The van der Waals surface area contributed by atoms with Crippen molar-refractivity contribution in [1.29, 1.82) is 0 Å². The van der Waals surface area contributed by atoms with E-state index in [9.17, 15) is 15.2 Å². The van der Waals surface area contributed by atoms with Gasteiger partial charge in [-0.05, 0) is 31.9 Å². The summed E-state index contributed by atoms with van der Waals surface area (Å²) in [6, 6.07) is 4.92. The Hall–Kier alpha value is -1.66. The number of hydrogen-bond donors (Lipinski definition) is 1. The zero-order chi connectivity index (χ0) is 14.5. The van der Waals surface area contributed by atoms with Crippen molar-refractivity contribution in [1.82, 2.24) is 0 Å². The van der Waals surface area contributed by atoms with E-state index >= 15 is 0 Å². The second-order valence-electron chi connectivity index (χ2n) is 4.87. The maximum Gasteiger partial charge on any atom is 0.275 e. The lowest BCUT2D eigenvalue weighted by molar-refractivity contribution is -0.385. The monoisotopic (exact) mass is 280 g/mol. The number of nitrogens with zero attached hydrogens (tertiary/aromatic N) is 2. The molecule has 0 spiro atoms. The number of nitro groups is 1. The zero-order valence-corrected chi connectivity index (χ0v) is 11.6. The number of aliphatic hydroxyl groups is 1. The van der Waals surface area contributed by atoms with E-state index in [0.717, 1.165) is 38.2 Å². The van der Waals surface area contributed by atoms with Gasteiger partial charge in [-0.1, -0.05) is 0 Å². The molecule has 110 valence electrons. The lowest BCUT2D eigenvalue weighted by atomic mass is 10.1. The van der Waals surface area contributed by atoms with Crippen molar-refractivity contribution in [3.05, 3.63) is 33.9 Å². The SMILES string of the molecule is CCOC1CCN(c2ccc([N+](=O)[O-])c(CO)c2)CC1. The summed E-state index contributed by atoms with van der Waals surface area (Å²) in [6.45, 7) is 4.15. The minimum Gasteiger partial charge on any atom is -0.391 e. The number of benzene rings is 1. The van der Waals surface area contributed by atoms with Gasteiger partial charge in [0.05, 0.1) is 23.2 Å². The number of hydrogen-bond acceptors (Lipinski definition) is 5. The second kappa shape index (κ2) is 6.67. The van der Waals surface area contributed by atoms with Crippen molar-refractivity contribution in [3.8, 4) is 0 Å². The van der Waals surface area contributed by atoms with Gasteiger partial charge in [0.2, 0.25) is 0 Å². The topological polar surface area (TPSA) is 75.8 Å². The standard InChI is InChI=1S/C14H20N2O4/c1-2-20-13-5-7-15(8-6-13)12-3-4-14(16(18)19)11(9-12)10-17/h3-4,9,13,17H,2,5-8,10H2,1H3. The third-order valence-corrected chi connectivity index (χ3v) is 3.64. The summed E-state index contributed by atoms with van der Waals surface area (Å²) in [6.07, 6.45) is 2.23. The van der Waals surface area contributed by atoms with Crippen LogP contribution in [0.1, 0.15) is 25.3 Å². The highest BCUT2D eigenvalue weighted by molar-refractivity contribution is 5.55. The smallest absolute Gasteiger partial charge is 0.275 e. The fraction of sp³-hybridized carbons (Fsp3) is 0.571. The molecular formula is C14H20N2O4. The van der Waals surface area contributed by atoms with E-state index < -0.39 is 4.92 Å². The summed E-state index contributed by atoms with van der Waals surface area (Å²) >= 11 is 0. The van der Waals surface area contributed by atoms with E-state index in [1.165, 1.54) is 6.07 Å². The van der Waals surface area contributed by atoms with Crippen LogP contribution in [-0.2, 0) is 11.3 Å². The fourth-order valence-electron chi connectivity index (χ4n) is 2.59. The van der Waals surface area contributed by atoms with Gasteiger partial charge in [0.1, 0.15) is 0 Å². The highest BCUT2D eigenvalue weighted by Crippen LogP contribution is 2.27. The van der Waals surface area contributed by atoms with Crippen molar-refractivity contribution in [2.75, 3.05) is 24.6 Å². The third kappa shape index (κ3) is 3.26. The van der Waals surface area contributed by atoms with Gasteiger partial charge in [0, 0.05) is 31.5 Å². The molecule has 1 saturated heterocycles. The van der Waals surface area contributed by atoms with Gasteiger partial charge in [-0.25, -0.2) is 0 Å². The van der Waals surface area contributed by atoms with E-state index in [1.807, 2.05) is 6.92 Å². The number of nitro benzene ring substituents is 1. The highest BCUT2D eigenvalue weighted by atomic mass is 16.6. The number of aliphatic hydroxyl groups excluding tert-OH is 1. The van der Waals surface area contributed by atoms with Crippen LogP contribution in [0.3, 0.4) is 0 Å². The molecule has 0 saturated carbocycles. The van der Waals surface area contributed by atoms with Crippen molar-refractivity contribution in [2.45, 2.75) is 32.5 Å². The number of ether oxygens (including phenoxy) is 1. The van der Waals surface area contributed by atoms with E-state index in [0.29, 0.717) is 11.7 Å². The first-order valence-corrected chi connectivity index (χ1v) is 6.90. The second-order valence-corrected chi connectivity index (χ2v) is 4.87. The molecule has 1 aliphatic heterocycles. The van der Waals surface area contributed by atoms with Crippen molar-refractivity contribution in [2.24, 2.45) is 0 Å². The minimum atomic E-state index is -0.462. The average molecular weight is 280 g/mol. The summed E-state index contributed by atoms with van der Waals surface area (Å²) < 4.78 is 5.61. The molecule has 0 aliphatic carbocycles. The van der Waals surface area contributed by atoms with E-state index in [4.69, 9.17) is 4.74 Å². The Morgan fingerprint density at radius 1 is 1.45 bits per heavy atom. The van der Waals surface area contributed by atoms with Crippen LogP contribution in [0.25, 0.3) is 0 Å². The molecular weight excluding hydrogens is 260 g/mol. The van der Waals surface area contributed by atoms with Crippen LogP contribution in [0, 0.1) is 10.1 Å². The lowest BCUT2D eigenvalue weighted by Gasteiger charge is -2.33. The van der Waals surface area contributed by atoms with Crippen LogP contribution < -0.4 is 4.90 Å². The van der Waals surface area contributed by atoms with Crippen molar-refractivity contribution < 1.29 is 14.8 Å². The molecule has 6 heteroatoms. The lowest BCUT2D eigenvalue weighted by Crippen LogP contribution is -2.37. The molecule has 1 aromatic carbocycles. The highest BCUT2D eigenvalue weighted by Gasteiger charge is 2.21. The van der Waals surface area contributed by atoms with Gasteiger partial charge in [0.25, 0.3) is 5.69 Å². The van der Waals surface area contributed by atoms with Gasteiger partial charge < -0.3 is 14.7 Å². The molecule has 20 heavy (non-hydrogen) atoms. The molecule has 0 unspecified atom stereocenters. The normalized spacial score (nSPS) is 16.4. The molecule has 1 aliphatic rings. The predicted molar refractivity (Wildman–Crippen MR) is 75.9 cm³/mol. The van der Waals surface area contributed by atoms with Crippen LogP contribution in [0.15, 0.2) is 18.2 Å².